The van der Waals surface area contributed by atoms with Crippen LogP contribution in [0.1, 0.15) is 16.8 Å². The number of fused-ring (bicyclic) bond motifs is 1. The summed E-state index contributed by atoms with van der Waals surface area (Å²) < 4.78 is 6.64. The van der Waals surface area contributed by atoms with Gasteiger partial charge >= 0.3 is 0 Å². The van der Waals surface area contributed by atoms with E-state index in [4.69, 9.17) is 9.57 Å². The SMILES string of the molecule is COCCCOn1ccc2ccc(C=O)cc21. The van der Waals surface area contributed by atoms with Crippen molar-refractivity contribution in [1.29, 1.82) is 0 Å². The van der Waals surface area contributed by atoms with E-state index in [1.54, 1.807) is 17.9 Å². The lowest BCUT2D eigenvalue weighted by molar-refractivity contribution is 0.0938. The van der Waals surface area contributed by atoms with Crippen molar-refractivity contribution < 1.29 is 14.4 Å². The molecule has 0 unspecified atom stereocenters. The van der Waals surface area contributed by atoms with Crippen molar-refractivity contribution in [3.63, 3.8) is 0 Å². The van der Waals surface area contributed by atoms with Gasteiger partial charge in [0.1, 0.15) is 12.9 Å². The lowest BCUT2D eigenvalue weighted by atomic mass is 10.2. The van der Waals surface area contributed by atoms with Gasteiger partial charge < -0.3 is 9.57 Å². The molecule has 0 bridgehead atoms. The van der Waals surface area contributed by atoms with Crippen molar-refractivity contribution in [2.75, 3.05) is 20.3 Å². The molecule has 4 heteroatoms. The van der Waals surface area contributed by atoms with E-state index >= 15 is 0 Å². The van der Waals surface area contributed by atoms with E-state index in [0.29, 0.717) is 18.8 Å². The first-order valence-electron chi connectivity index (χ1n) is 5.53. The topological polar surface area (TPSA) is 40.5 Å². The van der Waals surface area contributed by atoms with Crippen LogP contribution >= 0.6 is 0 Å². The van der Waals surface area contributed by atoms with Crippen LogP contribution in [0.15, 0.2) is 30.5 Å². The lowest BCUT2D eigenvalue weighted by Crippen LogP contribution is -2.12. The maximum absolute atomic E-state index is 10.7. The minimum Gasteiger partial charge on any atom is -0.414 e. The van der Waals surface area contributed by atoms with Crippen molar-refractivity contribution in [2.24, 2.45) is 0 Å². The minimum atomic E-state index is 0.586. The molecule has 0 fully saturated rings. The highest BCUT2D eigenvalue weighted by Gasteiger charge is 2.02. The zero-order valence-corrected chi connectivity index (χ0v) is 9.76. The fourth-order valence-electron chi connectivity index (χ4n) is 1.67. The number of carbonyl (C=O) groups excluding carboxylic acids is 1. The molecule has 0 radical (unpaired) electrons. The van der Waals surface area contributed by atoms with Gasteiger partial charge in [0.15, 0.2) is 0 Å². The Kier molecular flexibility index (Phi) is 3.77. The molecule has 2 aromatic rings. The van der Waals surface area contributed by atoms with Gasteiger partial charge in [0, 0.05) is 37.3 Å². The van der Waals surface area contributed by atoms with Gasteiger partial charge in [0.25, 0.3) is 0 Å². The van der Waals surface area contributed by atoms with E-state index in [1.807, 2.05) is 24.4 Å². The largest absolute Gasteiger partial charge is 0.414 e. The van der Waals surface area contributed by atoms with Crippen molar-refractivity contribution in [3.8, 4) is 0 Å². The molecule has 4 nitrogen and oxygen atoms in total. The third-order valence-corrected chi connectivity index (χ3v) is 2.54. The summed E-state index contributed by atoms with van der Waals surface area (Å²) in [7, 11) is 1.67. The minimum absolute atomic E-state index is 0.586. The van der Waals surface area contributed by atoms with Gasteiger partial charge in [-0.15, -0.1) is 0 Å². The van der Waals surface area contributed by atoms with E-state index < -0.39 is 0 Å². The molecule has 1 heterocycles. The highest BCUT2D eigenvalue weighted by atomic mass is 16.7. The number of aldehydes is 1. The quantitative estimate of drug-likeness (QED) is 0.565. The lowest BCUT2D eigenvalue weighted by Gasteiger charge is -2.07. The Morgan fingerprint density at radius 3 is 2.94 bits per heavy atom. The summed E-state index contributed by atoms with van der Waals surface area (Å²) in [6, 6.07) is 7.48. The van der Waals surface area contributed by atoms with E-state index in [-0.39, 0.29) is 0 Å². The molecule has 2 rings (SSSR count). The number of ether oxygens (including phenoxy) is 1. The Morgan fingerprint density at radius 2 is 2.18 bits per heavy atom. The Morgan fingerprint density at radius 1 is 1.29 bits per heavy atom. The molecule has 0 saturated carbocycles. The highest BCUT2D eigenvalue weighted by Crippen LogP contribution is 2.15. The molecule has 0 aliphatic carbocycles. The molecule has 0 aliphatic rings. The molecular formula is C13H15NO3. The number of carbonyl (C=O) groups is 1. The van der Waals surface area contributed by atoms with E-state index in [2.05, 4.69) is 0 Å². The number of hydrogen-bond donors (Lipinski definition) is 0. The summed E-state index contributed by atoms with van der Waals surface area (Å²) in [6.07, 6.45) is 3.53. The van der Waals surface area contributed by atoms with Gasteiger partial charge in [0.2, 0.25) is 0 Å². The van der Waals surface area contributed by atoms with Gasteiger partial charge in [0.05, 0.1) is 5.52 Å². The smallest absolute Gasteiger partial charge is 0.150 e. The van der Waals surface area contributed by atoms with Gasteiger partial charge in [-0.3, -0.25) is 4.79 Å². The predicted octanol–water partition coefficient (Wildman–Crippen LogP) is 1.92. The second kappa shape index (κ2) is 5.50. The van der Waals surface area contributed by atoms with E-state index in [9.17, 15) is 4.79 Å². The van der Waals surface area contributed by atoms with Crippen LogP contribution in [0.5, 0.6) is 0 Å². The summed E-state index contributed by atoms with van der Waals surface area (Å²) in [5.41, 5.74) is 1.56. The zero-order valence-electron chi connectivity index (χ0n) is 9.76. The van der Waals surface area contributed by atoms with Crippen LogP contribution in [0.2, 0.25) is 0 Å². The molecule has 0 aliphatic heterocycles. The van der Waals surface area contributed by atoms with Gasteiger partial charge in [-0.25, -0.2) is 0 Å². The van der Waals surface area contributed by atoms with Crippen LogP contribution in [0.4, 0.5) is 0 Å². The van der Waals surface area contributed by atoms with Gasteiger partial charge in [-0.1, -0.05) is 12.1 Å². The van der Waals surface area contributed by atoms with Gasteiger partial charge in [-0.05, 0) is 12.1 Å². The number of rotatable bonds is 6. The maximum Gasteiger partial charge on any atom is 0.150 e. The highest BCUT2D eigenvalue weighted by molar-refractivity contribution is 5.87. The fraction of sp³-hybridized carbons (Fsp3) is 0.308. The number of benzene rings is 1. The Labute approximate surface area is 99.7 Å². The molecular weight excluding hydrogens is 218 g/mol. The molecule has 0 N–H and O–H groups in total. The summed E-state index contributed by atoms with van der Waals surface area (Å²) in [6.45, 7) is 1.27. The second-order valence-corrected chi connectivity index (χ2v) is 3.76. The summed E-state index contributed by atoms with van der Waals surface area (Å²) in [5, 5.41) is 1.06. The molecule has 1 aromatic heterocycles. The van der Waals surface area contributed by atoms with Crippen molar-refractivity contribution in [1.82, 2.24) is 4.73 Å². The normalized spacial score (nSPS) is 10.6. The molecule has 0 atom stereocenters. The first-order chi connectivity index (χ1) is 8.35. The summed E-state index contributed by atoms with van der Waals surface area (Å²) in [4.78, 5) is 16.3. The molecule has 0 amide bonds. The predicted molar refractivity (Wildman–Crippen MR) is 65.3 cm³/mol. The first-order valence-corrected chi connectivity index (χ1v) is 5.53. The fourth-order valence-corrected chi connectivity index (χ4v) is 1.67. The molecule has 1 aromatic carbocycles. The summed E-state index contributed by atoms with van der Waals surface area (Å²) >= 11 is 0. The summed E-state index contributed by atoms with van der Waals surface area (Å²) in [5.74, 6) is 0. The van der Waals surface area contributed by atoms with Crippen LogP contribution < -0.4 is 4.84 Å². The molecule has 0 saturated heterocycles. The maximum atomic E-state index is 10.7. The van der Waals surface area contributed by atoms with Crippen molar-refractivity contribution in [2.45, 2.75) is 6.42 Å². The van der Waals surface area contributed by atoms with Crippen LogP contribution in [0.3, 0.4) is 0 Å². The standard InChI is InChI=1S/C13H15NO3/c1-16-7-2-8-17-14-6-5-12-4-3-11(10-15)9-13(12)14/h3-6,9-10H,2,7-8H2,1H3. The number of hydrogen-bond acceptors (Lipinski definition) is 3. The average molecular weight is 233 g/mol. The zero-order chi connectivity index (χ0) is 12.1. The molecule has 90 valence electrons. The number of aromatic nitrogens is 1. The van der Waals surface area contributed by atoms with Crippen LogP contribution in [0.25, 0.3) is 10.9 Å². The van der Waals surface area contributed by atoms with E-state index in [0.717, 1.165) is 23.6 Å². The Balaban J connectivity index is 2.13. The first kappa shape index (κ1) is 11.7. The third-order valence-electron chi connectivity index (χ3n) is 2.54. The van der Waals surface area contributed by atoms with Crippen molar-refractivity contribution >= 4 is 17.2 Å². The van der Waals surface area contributed by atoms with Crippen LogP contribution in [0, 0.1) is 0 Å². The number of nitrogens with zero attached hydrogens (tertiary/aromatic N) is 1. The average Bonchev–Trinajstić information content (AvgIpc) is 2.77. The molecule has 0 spiro atoms. The Bertz CT molecular complexity index is 504. The van der Waals surface area contributed by atoms with Crippen LogP contribution in [-0.4, -0.2) is 31.3 Å². The van der Waals surface area contributed by atoms with Gasteiger partial charge in [-0.2, -0.15) is 4.73 Å². The third kappa shape index (κ3) is 2.65. The molecule has 17 heavy (non-hydrogen) atoms. The number of methoxy groups -OCH3 is 1. The van der Waals surface area contributed by atoms with Crippen LogP contribution in [-0.2, 0) is 4.74 Å². The Hall–Kier alpha value is -1.81. The second-order valence-electron chi connectivity index (χ2n) is 3.76. The van der Waals surface area contributed by atoms with E-state index in [1.165, 1.54) is 0 Å². The monoisotopic (exact) mass is 233 g/mol. The van der Waals surface area contributed by atoms with Crippen molar-refractivity contribution in [3.05, 3.63) is 36.0 Å².